The predicted molar refractivity (Wildman–Crippen MR) is 156 cm³/mol. The normalized spacial score (nSPS) is 17.0. The molecule has 1 unspecified atom stereocenters. The maximum atomic E-state index is 13.3. The third kappa shape index (κ3) is 5.43. The van der Waals surface area contributed by atoms with E-state index in [1.54, 1.807) is 23.1 Å². The van der Waals surface area contributed by atoms with E-state index in [1.165, 1.54) is 30.2 Å². The topological polar surface area (TPSA) is 134 Å². The number of aromatic nitrogens is 2. The number of amides is 1. The molecule has 0 radical (unpaired) electrons. The van der Waals surface area contributed by atoms with Crippen molar-refractivity contribution in [3.63, 3.8) is 0 Å². The standard InChI is InChI=1S/C28H25ClN6O3S2/c1-15-6-8-16(9-7-15)24-18(13-30)26(31)35(20-4-3-5-21(36)25(20)24)27-33-34-28(40-27)39-14-23(37)32-17-10-11-22(38-2)19(29)12-17/h6-12,24H,3-5,14,31H2,1-2H3,(H,32,37). The fraction of sp³-hybridized carbons (Fsp3) is 0.250. The summed E-state index contributed by atoms with van der Waals surface area (Å²) in [6.07, 6.45) is 1.72. The fourth-order valence-electron chi connectivity index (χ4n) is 4.82. The van der Waals surface area contributed by atoms with E-state index in [0.29, 0.717) is 56.3 Å². The van der Waals surface area contributed by atoms with E-state index < -0.39 is 5.92 Å². The number of carbonyl (C=O) groups excluding carboxylic acids is 2. The van der Waals surface area contributed by atoms with Crippen molar-refractivity contribution in [1.29, 1.82) is 5.26 Å². The maximum absolute atomic E-state index is 13.3. The van der Waals surface area contributed by atoms with Gasteiger partial charge in [-0.25, -0.2) is 0 Å². The molecule has 0 fully saturated rings. The molecule has 204 valence electrons. The SMILES string of the molecule is COc1ccc(NC(=O)CSc2nnc(N3C(N)=C(C#N)C(c4ccc(C)cc4)C4=C3CCCC4=O)s2)cc1Cl. The summed E-state index contributed by atoms with van der Waals surface area (Å²) in [5, 5.41) is 22.4. The number of hydrogen-bond donors (Lipinski definition) is 2. The van der Waals surface area contributed by atoms with E-state index >= 15 is 0 Å². The van der Waals surface area contributed by atoms with Gasteiger partial charge in [-0.05, 0) is 43.5 Å². The lowest BCUT2D eigenvalue weighted by Gasteiger charge is -2.38. The molecule has 2 aliphatic rings. The quantitative estimate of drug-likeness (QED) is 0.339. The van der Waals surface area contributed by atoms with Gasteiger partial charge in [0.1, 0.15) is 11.6 Å². The number of allylic oxidation sites excluding steroid dienone is 3. The van der Waals surface area contributed by atoms with Crippen molar-refractivity contribution in [3.05, 3.63) is 81.3 Å². The zero-order valence-electron chi connectivity index (χ0n) is 21.7. The fourth-order valence-corrected chi connectivity index (χ4v) is 6.76. The van der Waals surface area contributed by atoms with Crippen LogP contribution in [0.2, 0.25) is 5.02 Å². The Morgan fingerprint density at radius 2 is 2.05 bits per heavy atom. The highest BCUT2D eigenvalue weighted by molar-refractivity contribution is 8.01. The van der Waals surface area contributed by atoms with Crippen molar-refractivity contribution < 1.29 is 14.3 Å². The number of nitrogens with zero attached hydrogens (tertiary/aromatic N) is 4. The summed E-state index contributed by atoms with van der Waals surface area (Å²) < 4.78 is 5.69. The molecule has 1 aliphatic heterocycles. The van der Waals surface area contributed by atoms with E-state index in [0.717, 1.165) is 16.8 Å². The third-order valence-corrected chi connectivity index (χ3v) is 9.01. The highest BCUT2D eigenvalue weighted by atomic mass is 35.5. The molecule has 1 aromatic heterocycles. The number of aryl methyl sites for hydroxylation is 1. The van der Waals surface area contributed by atoms with Gasteiger partial charge in [0, 0.05) is 23.4 Å². The monoisotopic (exact) mass is 592 g/mol. The zero-order valence-corrected chi connectivity index (χ0v) is 24.1. The van der Waals surface area contributed by atoms with Crippen LogP contribution in [0.3, 0.4) is 0 Å². The Bertz CT molecular complexity index is 1590. The first kappa shape index (κ1) is 27.7. The van der Waals surface area contributed by atoms with Gasteiger partial charge < -0.3 is 15.8 Å². The Kier molecular flexibility index (Phi) is 8.12. The third-order valence-electron chi connectivity index (χ3n) is 6.67. The number of halogens is 1. The molecule has 0 saturated carbocycles. The van der Waals surface area contributed by atoms with Crippen molar-refractivity contribution in [2.24, 2.45) is 5.73 Å². The van der Waals surface area contributed by atoms with Crippen LogP contribution in [0, 0.1) is 18.3 Å². The molecule has 3 aromatic rings. The average molecular weight is 593 g/mol. The second-order valence-electron chi connectivity index (χ2n) is 9.26. The van der Waals surface area contributed by atoms with Crippen LogP contribution in [0.5, 0.6) is 5.75 Å². The number of hydrogen-bond acceptors (Lipinski definition) is 10. The number of anilines is 2. The molecular weight excluding hydrogens is 568 g/mol. The van der Waals surface area contributed by atoms with E-state index in [4.69, 9.17) is 22.1 Å². The Hall–Kier alpha value is -3.85. The molecule has 1 amide bonds. The zero-order chi connectivity index (χ0) is 28.4. The van der Waals surface area contributed by atoms with Crippen LogP contribution in [-0.2, 0) is 9.59 Å². The number of ketones is 1. The van der Waals surface area contributed by atoms with E-state index in [2.05, 4.69) is 21.6 Å². The lowest BCUT2D eigenvalue weighted by Crippen LogP contribution is -2.38. The molecule has 0 spiro atoms. The predicted octanol–water partition coefficient (Wildman–Crippen LogP) is 5.54. The number of ether oxygens (including phenoxy) is 1. The van der Waals surface area contributed by atoms with Gasteiger partial charge in [0.25, 0.3) is 0 Å². The lowest BCUT2D eigenvalue weighted by atomic mass is 9.75. The number of nitriles is 1. The van der Waals surface area contributed by atoms with Crippen LogP contribution < -0.4 is 20.7 Å². The number of rotatable bonds is 7. The molecule has 1 aliphatic carbocycles. The minimum absolute atomic E-state index is 0.00601. The Morgan fingerprint density at radius 3 is 2.75 bits per heavy atom. The Labute approximate surface area is 244 Å². The van der Waals surface area contributed by atoms with Gasteiger partial charge in [-0.1, -0.05) is 64.5 Å². The van der Waals surface area contributed by atoms with Crippen molar-refractivity contribution >= 4 is 57.2 Å². The summed E-state index contributed by atoms with van der Waals surface area (Å²) in [4.78, 5) is 27.5. The minimum Gasteiger partial charge on any atom is -0.495 e. The molecule has 12 heteroatoms. The highest BCUT2D eigenvalue weighted by Crippen LogP contribution is 2.47. The van der Waals surface area contributed by atoms with Gasteiger partial charge in [-0.3, -0.25) is 14.5 Å². The smallest absolute Gasteiger partial charge is 0.234 e. The van der Waals surface area contributed by atoms with Gasteiger partial charge in [0.2, 0.25) is 11.0 Å². The van der Waals surface area contributed by atoms with Crippen molar-refractivity contribution in [2.45, 2.75) is 36.4 Å². The molecule has 0 saturated heterocycles. The first-order chi connectivity index (χ1) is 19.3. The number of benzene rings is 2. The Balaban J connectivity index is 1.38. The second kappa shape index (κ2) is 11.7. The van der Waals surface area contributed by atoms with Gasteiger partial charge in [0.05, 0.1) is 35.4 Å². The van der Waals surface area contributed by atoms with Gasteiger partial charge in [-0.15, -0.1) is 10.2 Å². The van der Waals surface area contributed by atoms with Crippen LogP contribution in [0.4, 0.5) is 10.8 Å². The summed E-state index contributed by atoms with van der Waals surface area (Å²) in [6, 6.07) is 15.1. The molecule has 5 rings (SSSR count). The molecule has 2 aromatic carbocycles. The summed E-state index contributed by atoms with van der Waals surface area (Å²) in [5.74, 6) is 0.0890. The van der Waals surface area contributed by atoms with Gasteiger partial charge in [-0.2, -0.15) is 5.26 Å². The van der Waals surface area contributed by atoms with Crippen LogP contribution >= 0.6 is 34.7 Å². The second-order valence-corrected chi connectivity index (χ2v) is 11.8. The highest BCUT2D eigenvalue weighted by Gasteiger charge is 2.41. The Morgan fingerprint density at radius 1 is 1.27 bits per heavy atom. The molecular formula is C28H25ClN6O3S2. The van der Waals surface area contributed by atoms with Gasteiger partial charge >= 0.3 is 0 Å². The van der Waals surface area contributed by atoms with Crippen LogP contribution in [0.15, 0.2) is 69.5 Å². The van der Waals surface area contributed by atoms with Crippen molar-refractivity contribution in [1.82, 2.24) is 10.2 Å². The maximum Gasteiger partial charge on any atom is 0.234 e. The minimum atomic E-state index is -0.526. The summed E-state index contributed by atoms with van der Waals surface area (Å²) in [7, 11) is 1.52. The number of Topliss-reactive ketones (excluding diaryl/α,β-unsaturated/α-hetero) is 1. The van der Waals surface area contributed by atoms with Crippen LogP contribution in [0.1, 0.15) is 36.3 Å². The van der Waals surface area contributed by atoms with Gasteiger partial charge in [0.15, 0.2) is 10.1 Å². The number of carbonyl (C=O) groups is 2. The van der Waals surface area contributed by atoms with Crippen LogP contribution in [0.25, 0.3) is 0 Å². The number of methoxy groups -OCH3 is 1. The van der Waals surface area contributed by atoms with E-state index in [1.807, 2.05) is 31.2 Å². The average Bonchev–Trinajstić information content (AvgIpc) is 3.40. The lowest BCUT2D eigenvalue weighted by molar-refractivity contribution is -0.116. The van der Waals surface area contributed by atoms with Crippen molar-refractivity contribution in [3.8, 4) is 11.8 Å². The summed E-state index contributed by atoms with van der Waals surface area (Å²) in [5.41, 5.74) is 10.7. The number of nitrogens with two attached hydrogens (primary N) is 1. The first-order valence-corrected chi connectivity index (χ1v) is 14.6. The molecule has 2 heterocycles. The van der Waals surface area contributed by atoms with E-state index in [-0.39, 0.29) is 23.3 Å². The molecule has 0 bridgehead atoms. The molecule has 9 nitrogen and oxygen atoms in total. The summed E-state index contributed by atoms with van der Waals surface area (Å²) in [6.45, 7) is 1.99. The van der Waals surface area contributed by atoms with E-state index in [9.17, 15) is 14.9 Å². The number of nitrogens with one attached hydrogen (secondary N) is 1. The summed E-state index contributed by atoms with van der Waals surface area (Å²) >= 11 is 8.61. The van der Waals surface area contributed by atoms with Crippen molar-refractivity contribution in [2.75, 3.05) is 23.1 Å². The molecule has 3 N–H and O–H groups in total. The van der Waals surface area contributed by atoms with Crippen LogP contribution in [-0.4, -0.2) is 34.8 Å². The largest absolute Gasteiger partial charge is 0.495 e. The first-order valence-electron chi connectivity index (χ1n) is 12.4. The molecule has 1 atom stereocenters. The number of thioether (sulfide) groups is 1. The molecule has 40 heavy (non-hydrogen) atoms.